The van der Waals surface area contributed by atoms with Crippen LogP contribution in [0.2, 0.25) is 0 Å². The second-order valence-corrected chi connectivity index (χ2v) is 5.57. The Morgan fingerprint density at radius 3 is 2.76 bits per heavy atom. The lowest BCUT2D eigenvalue weighted by molar-refractivity contribution is -0.137. The molecule has 1 heterocycles. The van der Waals surface area contributed by atoms with Crippen molar-refractivity contribution in [1.29, 1.82) is 0 Å². The molecule has 1 aromatic carbocycles. The predicted molar refractivity (Wildman–Crippen MR) is 80.8 cm³/mol. The highest BCUT2D eigenvalue weighted by Crippen LogP contribution is 2.28. The van der Waals surface area contributed by atoms with E-state index in [-0.39, 0.29) is 6.42 Å². The molecule has 0 saturated heterocycles. The van der Waals surface area contributed by atoms with E-state index in [0.29, 0.717) is 0 Å². The first-order chi connectivity index (χ1) is 10.3. The van der Waals surface area contributed by atoms with Crippen LogP contribution >= 0.6 is 0 Å². The molecule has 0 spiro atoms. The first-order valence-corrected chi connectivity index (χ1v) is 7.62. The quantitative estimate of drug-likeness (QED) is 0.829. The molecule has 1 N–H and O–H groups in total. The number of aryl methyl sites for hydroxylation is 1. The van der Waals surface area contributed by atoms with Crippen molar-refractivity contribution in [2.24, 2.45) is 0 Å². The van der Waals surface area contributed by atoms with Crippen LogP contribution in [-0.4, -0.2) is 20.9 Å². The van der Waals surface area contributed by atoms with Crippen LogP contribution in [0.25, 0.3) is 5.69 Å². The summed E-state index contributed by atoms with van der Waals surface area (Å²) in [6.45, 7) is 0. The molecule has 0 aliphatic heterocycles. The molecular formula is C17H20N2O2. The van der Waals surface area contributed by atoms with Crippen LogP contribution < -0.4 is 0 Å². The van der Waals surface area contributed by atoms with Gasteiger partial charge in [-0.05, 0) is 56.2 Å². The van der Waals surface area contributed by atoms with Crippen molar-refractivity contribution in [1.82, 2.24) is 9.78 Å². The highest BCUT2D eigenvalue weighted by atomic mass is 16.4. The highest BCUT2D eigenvalue weighted by Gasteiger charge is 2.22. The van der Waals surface area contributed by atoms with Crippen LogP contribution in [0.1, 0.15) is 42.6 Å². The van der Waals surface area contributed by atoms with E-state index in [1.807, 2.05) is 18.2 Å². The average Bonchev–Trinajstić information content (AvgIpc) is 3.07. The van der Waals surface area contributed by atoms with Gasteiger partial charge in [0.25, 0.3) is 0 Å². The number of benzene rings is 1. The molecule has 0 amide bonds. The number of aromatic nitrogens is 2. The molecule has 0 saturated carbocycles. The first kappa shape index (κ1) is 13.9. The monoisotopic (exact) mass is 284 g/mol. The number of nitrogens with zero attached hydrogens (tertiary/aromatic N) is 2. The van der Waals surface area contributed by atoms with E-state index in [1.54, 1.807) is 0 Å². The number of fused-ring (bicyclic) bond motifs is 1. The number of carbonyl (C=O) groups is 1. The lowest BCUT2D eigenvalue weighted by atomic mass is 10.1. The third-order valence-electron chi connectivity index (χ3n) is 4.07. The molecule has 0 bridgehead atoms. The van der Waals surface area contributed by atoms with E-state index in [1.165, 1.54) is 17.7 Å². The third kappa shape index (κ3) is 2.99. The number of carboxylic acids is 1. The maximum Gasteiger partial charge on any atom is 0.303 e. The van der Waals surface area contributed by atoms with Crippen LogP contribution in [0.4, 0.5) is 0 Å². The Labute approximate surface area is 124 Å². The van der Waals surface area contributed by atoms with E-state index in [9.17, 15) is 4.79 Å². The van der Waals surface area contributed by atoms with Gasteiger partial charge < -0.3 is 5.11 Å². The minimum Gasteiger partial charge on any atom is -0.481 e. The molecule has 110 valence electrons. The van der Waals surface area contributed by atoms with Crippen molar-refractivity contribution in [3.63, 3.8) is 0 Å². The van der Waals surface area contributed by atoms with Gasteiger partial charge in [0.15, 0.2) is 0 Å². The number of hydrogen-bond acceptors (Lipinski definition) is 2. The summed E-state index contributed by atoms with van der Waals surface area (Å²) in [5.74, 6) is -0.713. The van der Waals surface area contributed by atoms with Crippen molar-refractivity contribution in [2.75, 3.05) is 0 Å². The Morgan fingerprint density at radius 1 is 1.19 bits per heavy atom. The number of hydrogen-bond donors (Lipinski definition) is 1. The van der Waals surface area contributed by atoms with Gasteiger partial charge in [-0.2, -0.15) is 5.10 Å². The summed E-state index contributed by atoms with van der Waals surface area (Å²) in [6.07, 6.45) is 6.15. The van der Waals surface area contributed by atoms with Crippen LogP contribution in [0.15, 0.2) is 30.3 Å². The lowest BCUT2D eigenvalue weighted by Gasteiger charge is -2.04. The maximum absolute atomic E-state index is 10.6. The van der Waals surface area contributed by atoms with Gasteiger partial charge in [0, 0.05) is 12.1 Å². The van der Waals surface area contributed by atoms with Crippen molar-refractivity contribution in [3.8, 4) is 5.69 Å². The summed E-state index contributed by atoms with van der Waals surface area (Å²) < 4.78 is 2.08. The lowest BCUT2D eigenvalue weighted by Crippen LogP contribution is -2.01. The van der Waals surface area contributed by atoms with Crippen LogP contribution in [0, 0.1) is 0 Å². The van der Waals surface area contributed by atoms with Gasteiger partial charge in [-0.25, -0.2) is 4.68 Å². The van der Waals surface area contributed by atoms with E-state index in [0.717, 1.165) is 43.5 Å². The minimum atomic E-state index is -0.713. The van der Waals surface area contributed by atoms with Crippen molar-refractivity contribution >= 4 is 5.97 Å². The standard InChI is InChI=1S/C17H20N2O2/c20-17(21)12-5-4-10-15-14-9-6-11-16(14)19(18-15)13-7-2-1-3-8-13/h1-3,7-8H,4-6,9-12H2,(H,20,21). The van der Waals surface area contributed by atoms with Crippen LogP contribution in [0.3, 0.4) is 0 Å². The molecular weight excluding hydrogens is 264 g/mol. The first-order valence-electron chi connectivity index (χ1n) is 7.62. The molecule has 0 atom stereocenters. The Kier molecular flexibility index (Phi) is 4.04. The van der Waals surface area contributed by atoms with Gasteiger partial charge in [0.1, 0.15) is 0 Å². The molecule has 0 radical (unpaired) electrons. The largest absolute Gasteiger partial charge is 0.481 e. The fourth-order valence-corrected chi connectivity index (χ4v) is 3.07. The fraction of sp³-hybridized carbons (Fsp3) is 0.412. The van der Waals surface area contributed by atoms with Gasteiger partial charge in [0.05, 0.1) is 11.4 Å². The van der Waals surface area contributed by atoms with E-state index in [4.69, 9.17) is 10.2 Å². The van der Waals surface area contributed by atoms with Gasteiger partial charge in [-0.1, -0.05) is 18.2 Å². The van der Waals surface area contributed by atoms with Crippen molar-refractivity contribution < 1.29 is 9.90 Å². The SMILES string of the molecule is O=C(O)CCCCc1nn(-c2ccccc2)c2c1CCC2. The normalized spacial score (nSPS) is 13.3. The Bertz CT molecular complexity index is 632. The van der Waals surface area contributed by atoms with Crippen LogP contribution in [0.5, 0.6) is 0 Å². The zero-order valence-corrected chi connectivity index (χ0v) is 12.1. The molecule has 1 aliphatic rings. The third-order valence-corrected chi connectivity index (χ3v) is 4.07. The molecule has 0 fully saturated rings. The molecule has 2 aromatic rings. The number of para-hydroxylation sites is 1. The fourth-order valence-electron chi connectivity index (χ4n) is 3.07. The van der Waals surface area contributed by atoms with E-state index >= 15 is 0 Å². The van der Waals surface area contributed by atoms with Gasteiger partial charge in [-0.3, -0.25) is 4.79 Å². The number of unbranched alkanes of at least 4 members (excludes halogenated alkanes) is 1. The summed E-state index contributed by atoms with van der Waals surface area (Å²) >= 11 is 0. The Balaban J connectivity index is 1.78. The second-order valence-electron chi connectivity index (χ2n) is 5.57. The number of aliphatic carboxylic acids is 1. The molecule has 1 aliphatic carbocycles. The molecule has 4 heteroatoms. The molecule has 21 heavy (non-hydrogen) atoms. The Morgan fingerprint density at radius 2 is 2.00 bits per heavy atom. The summed E-state index contributed by atoms with van der Waals surface area (Å²) in [4.78, 5) is 10.6. The topological polar surface area (TPSA) is 55.1 Å². The maximum atomic E-state index is 10.6. The zero-order valence-electron chi connectivity index (χ0n) is 12.1. The van der Waals surface area contributed by atoms with Gasteiger partial charge in [-0.15, -0.1) is 0 Å². The summed E-state index contributed by atoms with van der Waals surface area (Å²) in [7, 11) is 0. The zero-order chi connectivity index (χ0) is 14.7. The van der Waals surface area contributed by atoms with E-state index < -0.39 is 5.97 Å². The smallest absolute Gasteiger partial charge is 0.303 e. The summed E-state index contributed by atoms with van der Waals surface area (Å²) in [5.41, 5.74) is 5.02. The highest BCUT2D eigenvalue weighted by molar-refractivity contribution is 5.66. The average molecular weight is 284 g/mol. The molecule has 1 aromatic heterocycles. The minimum absolute atomic E-state index is 0.252. The van der Waals surface area contributed by atoms with Gasteiger partial charge >= 0.3 is 5.97 Å². The number of rotatable bonds is 6. The molecule has 4 nitrogen and oxygen atoms in total. The Hall–Kier alpha value is -2.10. The summed E-state index contributed by atoms with van der Waals surface area (Å²) in [6, 6.07) is 10.2. The van der Waals surface area contributed by atoms with E-state index in [2.05, 4.69) is 16.8 Å². The molecule has 0 unspecified atom stereocenters. The predicted octanol–water partition coefficient (Wildman–Crippen LogP) is 3.16. The molecule has 3 rings (SSSR count). The van der Waals surface area contributed by atoms with Gasteiger partial charge in [0.2, 0.25) is 0 Å². The summed E-state index contributed by atoms with van der Waals surface area (Å²) in [5, 5.41) is 13.5. The van der Waals surface area contributed by atoms with Crippen molar-refractivity contribution in [2.45, 2.75) is 44.9 Å². The second kappa shape index (κ2) is 6.12. The van der Waals surface area contributed by atoms with Crippen LogP contribution in [-0.2, 0) is 24.1 Å². The van der Waals surface area contributed by atoms with Crippen molar-refractivity contribution in [3.05, 3.63) is 47.3 Å². The number of carboxylic acid groups (broad SMARTS) is 1.